The molecule has 0 N–H and O–H groups in total. The van der Waals surface area contributed by atoms with Gasteiger partial charge in [-0.3, -0.25) is 9.59 Å². The van der Waals surface area contributed by atoms with Gasteiger partial charge in [0.05, 0.1) is 19.1 Å². The smallest absolute Gasteiger partial charge is 0.469 e. The first-order chi connectivity index (χ1) is 14.1. The molecule has 3 rings (SSSR count). The van der Waals surface area contributed by atoms with Gasteiger partial charge in [0.1, 0.15) is 0 Å². The Morgan fingerprint density at radius 1 is 1.13 bits per heavy atom. The molecule has 2 atom stereocenters. The summed E-state index contributed by atoms with van der Waals surface area (Å²) < 4.78 is 50.0. The van der Waals surface area contributed by atoms with Crippen molar-refractivity contribution in [1.29, 1.82) is 0 Å². The van der Waals surface area contributed by atoms with Crippen molar-refractivity contribution >= 4 is 11.9 Å². The minimum absolute atomic E-state index is 0.0597. The van der Waals surface area contributed by atoms with Gasteiger partial charge >= 0.3 is 18.1 Å². The molecule has 0 aromatic rings. The largest absolute Gasteiger partial charge is 0.471 e. The quantitative estimate of drug-likeness (QED) is 0.550. The molecular formula is C21H33F3N2O4. The van der Waals surface area contributed by atoms with E-state index in [9.17, 15) is 22.8 Å². The highest BCUT2D eigenvalue weighted by Crippen LogP contribution is 2.45. The molecule has 172 valence electrons. The fourth-order valence-corrected chi connectivity index (χ4v) is 5.12. The molecular weight excluding hydrogens is 401 g/mol. The lowest BCUT2D eigenvalue weighted by molar-refractivity contribution is -0.189. The van der Waals surface area contributed by atoms with Crippen LogP contribution in [0.15, 0.2) is 0 Å². The summed E-state index contributed by atoms with van der Waals surface area (Å²) in [4.78, 5) is 27.6. The van der Waals surface area contributed by atoms with Crippen LogP contribution in [0.1, 0.15) is 45.4 Å². The number of nitrogens with zero attached hydrogens (tertiary/aromatic N) is 2. The minimum Gasteiger partial charge on any atom is -0.469 e. The van der Waals surface area contributed by atoms with Crippen molar-refractivity contribution < 1.29 is 32.2 Å². The van der Waals surface area contributed by atoms with E-state index in [-0.39, 0.29) is 24.5 Å². The molecule has 1 amide bonds. The summed E-state index contributed by atoms with van der Waals surface area (Å²) in [6.45, 7) is 4.19. The Balaban J connectivity index is 1.67. The van der Waals surface area contributed by atoms with Gasteiger partial charge in [0.25, 0.3) is 0 Å². The first-order valence-corrected chi connectivity index (χ1v) is 10.7. The third-order valence-electron chi connectivity index (χ3n) is 7.30. The van der Waals surface area contributed by atoms with Crippen molar-refractivity contribution in [2.24, 2.45) is 16.7 Å². The normalized spacial score (nSPS) is 27.8. The van der Waals surface area contributed by atoms with E-state index in [1.807, 2.05) is 6.92 Å². The molecule has 1 saturated heterocycles. The molecule has 1 heterocycles. The van der Waals surface area contributed by atoms with Crippen molar-refractivity contribution in [3.8, 4) is 0 Å². The number of likely N-dealkylation sites (tertiary alicyclic amines) is 1. The molecule has 2 saturated carbocycles. The number of amides is 1. The number of methoxy groups -OCH3 is 2. The number of piperidine rings is 1. The topological polar surface area (TPSA) is 59.1 Å². The molecule has 2 aliphatic carbocycles. The number of hydrogen-bond acceptors (Lipinski definition) is 5. The Bertz CT molecular complexity index is 643. The highest BCUT2D eigenvalue weighted by molar-refractivity contribution is 5.82. The van der Waals surface area contributed by atoms with Crippen LogP contribution in [0.4, 0.5) is 13.2 Å². The predicted molar refractivity (Wildman–Crippen MR) is 104 cm³/mol. The van der Waals surface area contributed by atoms with Gasteiger partial charge in [-0.15, -0.1) is 0 Å². The fraction of sp³-hybridized carbons (Fsp3) is 0.905. The number of hydrogen-bond donors (Lipinski definition) is 0. The van der Waals surface area contributed by atoms with Gasteiger partial charge in [0, 0.05) is 31.7 Å². The number of carbonyl (C=O) groups excluding carboxylic acids is 2. The Morgan fingerprint density at radius 3 is 2.13 bits per heavy atom. The van der Waals surface area contributed by atoms with Gasteiger partial charge in [0.15, 0.2) is 0 Å². The van der Waals surface area contributed by atoms with E-state index in [2.05, 4.69) is 4.90 Å². The molecule has 0 aromatic carbocycles. The second-order valence-electron chi connectivity index (χ2n) is 9.55. The van der Waals surface area contributed by atoms with E-state index in [1.165, 1.54) is 7.11 Å². The molecule has 0 bridgehead atoms. The van der Waals surface area contributed by atoms with E-state index in [4.69, 9.17) is 9.47 Å². The standard InChI is InChI=1S/C21H33F3N2O4/c1-15-11-16(15)26(17(27)21(22,23)24)12-19(14-29-2)7-9-25(10-8-19)13-20(5-4-6-20)18(28)30-3/h15-16H,4-14H2,1-3H3. The molecule has 9 heteroatoms. The van der Waals surface area contributed by atoms with Crippen LogP contribution in [0.5, 0.6) is 0 Å². The first-order valence-electron chi connectivity index (χ1n) is 10.7. The third kappa shape index (κ3) is 4.77. The first kappa shape index (κ1) is 23.3. The second kappa shape index (κ2) is 8.65. The highest BCUT2D eigenvalue weighted by atomic mass is 19.4. The summed E-state index contributed by atoms with van der Waals surface area (Å²) in [5, 5.41) is 0. The van der Waals surface area contributed by atoms with Gasteiger partial charge in [0.2, 0.25) is 0 Å². The third-order valence-corrected chi connectivity index (χ3v) is 7.30. The Hall–Kier alpha value is -1.35. The van der Waals surface area contributed by atoms with Crippen LogP contribution >= 0.6 is 0 Å². The van der Waals surface area contributed by atoms with Crippen LogP contribution < -0.4 is 0 Å². The average Bonchev–Trinajstić information content (AvgIpc) is 3.39. The molecule has 0 radical (unpaired) electrons. The molecule has 0 spiro atoms. The zero-order chi connectivity index (χ0) is 22.2. The van der Waals surface area contributed by atoms with Gasteiger partial charge in [-0.25, -0.2) is 0 Å². The van der Waals surface area contributed by atoms with E-state index >= 15 is 0 Å². The van der Waals surface area contributed by atoms with Crippen LogP contribution in [0.3, 0.4) is 0 Å². The summed E-state index contributed by atoms with van der Waals surface area (Å²) in [5.41, 5.74) is -0.954. The lowest BCUT2D eigenvalue weighted by Crippen LogP contribution is -2.55. The molecule has 30 heavy (non-hydrogen) atoms. The fourth-order valence-electron chi connectivity index (χ4n) is 5.12. The number of ether oxygens (including phenoxy) is 2. The van der Waals surface area contributed by atoms with Crippen molar-refractivity contribution in [2.75, 3.05) is 47.0 Å². The number of carbonyl (C=O) groups is 2. The van der Waals surface area contributed by atoms with Crippen LogP contribution in [-0.4, -0.2) is 80.9 Å². The molecule has 1 aliphatic heterocycles. The van der Waals surface area contributed by atoms with Crippen molar-refractivity contribution in [3.63, 3.8) is 0 Å². The van der Waals surface area contributed by atoms with E-state index < -0.39 is 22.9 Å². The minimum atomic E-state index is -4.87. The summed E-state index contributed by atoms with van der Waals surface area (Å²) >= 11 is 0. The highest BCUT2D eigenvalue weighted by Gasteiger charge is 2.53. The molecule has 6 nitrogen and oxygen atoms in total. The molecule has 3 aliphatic rings. The van der Waals surface area contributed by atoms with Crippen molar-refractivity contribution in [1.82, 2.24) is 9.80 Å². The van der Waals surface area contributed by atoms with Gasteiger partial charge in [-0.05, 0) is 51.1 Å². The summed E-state index contributed by atoms with van der Waals surface area (Å²) in [7, 11) is 2.96. The maximum absolute atomic E-state index is 13.2. The van der Waals surface area contributed by atoms with Crippen LogP contribution in [0.2, 0.25) is 0 Å². The van der Waals surface area contributed by atoms with E-state index in [0.717, 1.165) is 24.2 Å². The maximum atomic E-state index is 13.2. The Kier molecular flexibility index (Phi) is 6.72. The van der Waals surface area contributed by atoms with E-state index in [0.29, 0.717) is 45.5 Å². The molecule has 0 aromatic heterocycles. The van der Waals surface area contributed by atoms with Gasteiger partial charge in [-0.2, -0.15) is 13.2 Å². The SMILES string of the molecule is COCC1(CN(C(=O)C(F)(F)F)C2CC2C)CCN(CC2(C(=O)OC)CCC2)CC1. The van der Waals surface area contributed by atoms with Gasteiger partial charge < -0.3 is 19.3 Å². The lowest BCUT2D eigenvalue weighted by Gasteiger charge is -2.48. The summed E-state index contributed by atoms with van der Waals surface area (Å²) in [6, 6.07) is -0.344. The molecule has 2 unspecified atom stereocenters. The van der Waals surface area contributed by atoms with E-state index in [1.54, 1.807) is 7.11 Å². The summed E-state index contributed by atoms with van der Waals surface area (Å²) in [6.07, 6.45) is -0.376. The second-order valence-corrected chi connectivity index (χ2v) is 9.55. The number of alkyl halides is 3. The van der Waals surface area contributed by atoms with Crippen molar-refractivity contribution in [3.05, 3.63) is 0 Å². The Morgan fingerprint density at radius 2 is 1.73 bits per heavy atom. The number of esters is 1. The monoisotopic (exact) mass is 434 g/mol. The summed E-state index contributed by atoms with van der Waals surface area (Å²) in [5.74, 6) is -1.82. The number of halogens is 3. The molecule has 3 fully saturated rings. The van der Waals surface area contributed by atoms with Crippen LogP contribution in [0, 0.1) is 16.7 Å². The zero-order valence-electron chi connectivity index (χ0n) is 18.1. The van der Waals surface area contributed by atoms with Crippen LogP contribution in [0.25, 0.3) is 0 Å². The predicted octanol–water partition coefficient (Wildman–Crippen LogP) is 2.86. The van der Waals surface area contributed by atoms with Crippen LogP contribution in [-0.2, 0) is 19.1 Å². The van der Waals surface area contributed by atoms with Gasteiger partial charge in [-0.1, -0.05) is 13.3 Å². The maximum Gasteiger partial charge on any atom is 0.471 e. The van der Waals surface area contributed by atoms with Crippen molar-refractivity contribution in [2.45, 2.75) is 57.7 Å². The lowest BCUT2D eigenvalue weighted by atomic mass is 9.68. The average molecular weight is 434 g/mol. The Labute approximate surface area is 176 Å². The zero-order valence-corrected chi connectivity index (χ0v) is 18.1. The number of rotatable bonds is 8.